The Morgan fingerprint density at radius 1 is 1.27 bits per heavy atom. The van der Waals surface area contributed by atoms with Gasteiger partial charge in [-0.15, -0.1) is 0 Å². The summed E-state index contributed by atoms with van der Waals surface area (Å²) in [4.78, 5) is 19.2. The lowest BCUT2D eigenvalue weighted by Crippen LogP contribution is -2.41. The van der Waals surface area contributed by atoms with Crippen molar-refractivity contribution in [1.82, 2.24) is 19.8 Å². The maximum absolute atomic E-state index is 13.0. The largest absolute Gasteiger partial charge is 0.495 e. The molecule has 4 rings (SSSR count). The number of aryl methyl sites for hydroxylation is 1. The van der Waals surface area contributed by atoms with Gasteiger partial charge in [-0.1, -0.05) is 42.0 Å². The highest BCUT2D eigenvalue weighted by molar-refractivity contribution is 6.31. The highest BCUT2D eigenvalue weighted by atomic mass is 35.5. The Kier molecular flexibility index (Phi) is 6.06. The van der Waals surface area contributed by atoms with E-state index in [1.807, 2.05) is 71.2 Å². The average molecular weight is 425 g/mol. The third-order valence-corrected chi connectivity index (χ3v) is 5.82. The normalized spacial score (nSPS) is 21.4. The number of nitrogens with one attached hydrogen (secondary N) is 1. The van der Waals surface area contributed by atoms with Crippen LogP contribution in [0.3, 0.4) is 0 Å². The van der Waals surface area contributed by atoms with Crippen LogP contribution in [-0.2, 0) is 16.1 Å². The second kappa shape index (κ2) is 8.90. The number of hydrogen-bond acceptors (Lipinski definition) is 4. The van der Waals surface area contributed by atoms with Crippen molar-refractivity contribution in [3.05, 3.63) is 83.1 Å². The maximum atomic E-state index is 13.0. The first kappa shape index (κ1) is 20.4. The number of carbonyl (C=O) groups excluding carboxylic acids is 1. The van der Waals surface area contributed by atoms with Gasteiger partial charge in [-0.2, -0.15) is 0 Å². The molecule has 1 N–H and O–H groups in total. The molecule has 1 fully saturated rings. The molecule has 156 valence electrons. The first-order valence-electron chi connectivity index (χ1n) is 9.99. The molecule has 2 atom stereocenters. The van der Waals surface area contributed by atoms with Gasteiger partial charge in [0.05, 0.1) is 36.9 Å². The van der Waals surface area contributed by atoms with E-state index in [0.717, 1.165) is 29.1 Å². The van der Waals surface area contributed by atoms with Crippen LogP contribution in [0.25, 0.3) is 5.70 Å². The van der Waals surface area contributed by atoms with E-state index in [1.165, 1.54) is 0 Å². The molecule has 6 nitrogen and oxygen atoms in total. The van der Waals surface area contributed by atoms with Crippen LogP contribution in [0.2, 0.25) is 5.02 Å². The number of hydrogen-bond donors (Lipinski definition) is 1. The fraction of sp³-hybridized carbons (Fsp3) is 0.304. The lowest BCUT2D eigenvalue weighted by atomic mass is 10.2. The van der Waals surface area contributed by atoms with Gasteiger partial charge in [-0.25, -0.2) is 4.98 Å². The molecule has 1 aromatic carbocycles. The fourth-order valence-corrected chi connectivity index (χ4v) is 4.02. The van der Waals surface area contributed by atoms with Gasteiger partial charge < -0.3 is 19.5 Å². The Balaban J connectivity index is 1.45. The molecule has 0 bridgehead atoms. The van der Waals surface area contributed by atoms with Gasteiger partial charge in [0.2, 0.25) is 5.91 Å². The molecule has 1 aromatic heterocycles. The molecular weight excluding hydrogens is 400 g/mol. The lowest BCUT2D eigenvalue weighted by Gasteiger charge is -2.23. The Morgan fingerprint density at radius 2 is 2.07 bits per heavy atom. The molecule has 0 spiro atoms. The molecule has 30 heavy (non-hydrogen) atoms. The Hall–Kier alpha value is -2.83. The zero-order chi connectivity index (χ0) is 21.1. The molecule has 2 unspecified atom stereocenters. The van der Waals surface area contributed by atoms with Crippen molar-refractivity contribution in [2.24, 2.45) is 0 Å². The number of nitrogens with zero attached hydrogens (tertiary/aromatic N) is 3. The van der Waals surface area contributed by atoms with E-state index in [2.05, 4.69) is 10.3 Å². The number of rotatable bonds is 6. The summed E-state index contributed by atoms with van der Waals surface area (Å²) in [6, 6.07) is 7.35. The number of halogens is 1. The second-order valence-electron chi connectivity index (χ2n) is 7.43. The topological polar surface area (TPSA) is 59.4 Å². The minimum Gasteiger partial charge on any atom is -0.495 e. The number of imidazole rings is 1. The van der Waals surface area contributed by atoms with Crippen molar-refractivity contribution in [3.8, 4) is 0 Å². The summed E-state index contributed by atoms with van der Waals surface area (Å²) in [7, 11) is 1.65. The molecule has 2 aliphatic rings. The van der Waals surface area contributed by atoms with Crippen molar-refractivity contribution in [2.45, 2.75) is 32.0 Å². The van der Waals surface area contributed by atoms with Crippen LogP contribution in [0.15, 0.2) is 66.9 Å². The van der Waals surface area contributed by atoms with Crippen molar-refractivity contribution in [2.75, 3.05) is 13.7 Å². The van der Waals surface area contributed by atoms with E-state index >= 15 is 0 Å². The summed E-state index contributed by atoms with van der Waals surface area (Å²) in [6.45, 7) is 3.21. The van der Waals surface area contributed by atoms with E-state index in [-0.39, 0.29) is 18.0 Å². The van der Waals surface area contributed by atoms with Gasteiger partial charge in [0, 0.05) is 24.3 Å². The monoisotopic (exact) mass is 424 g/mol. The van der Waals surface area contributed by atoms with Crippen molar-refractivity contribution in [3.63, 3.8) is 0 Å². The highest BCUT2D eigenvalue weighted by Gasteiger charge is 2.34. The van der Waals surface area contributed by atoms with Crippen LogP contribution in [0.4, 0.5) is 0 Å². The van der Waals surface area contributed by atoms with Crippen molar-refractivity contribution >= 4 is 23.2 Å². The van der Waals surface area contributed by atoms with Gasteiger partial charge in [-0.3, -0.25) is 4.79 Å². The van der Waals surface area contributed by atoms with Crippen LogP contribution in [-0.4, -0.2) is 46.1 Å². The standard InChI is InChI=1S/C23H25ClN4O2/c1-16-14-27(15-26-16)21-9-7-18(8-10-22(21)30-2)28-12-11-20(23(28)29)25-13-17-5-3-4-6-19(17)24/h3-10,14-15,18,20,25H,11-13H2,1-2H3. The van der Waals surface area contributed by atoms with Crippen LogP contribution in [0, 0.1) is 6.92 Å². The SMILES string of the molecule is COC1=C(n2cnc(C)c2)C=CC(N2CCC(NCc3ccccc3Cl)C2=O)C=C1. The number of likely N-dealkylation sites (tertiary alicyclic amines) is 1. The van der Waals surface area contributed by atoms with E-state index in [9.17, 15) is 4.79 Å². The van der Waals surface area contributed by atoms with Gasteiger partial charge in [0.1, 0.15) is 5.76 Å². The third-order valence-electron chi connectivity index (χ3n) is 5.45. The molecule has 1 aliphatic carbocycles. The van der Waals surface area contributed by atoms with Crippen molar-refractivity contribution in [1.29, 1.82) is 0 Å². The lowest BCUT2D eigenvalue weighted by molar-refractivity contribution is -0.130. The number of carbonyl (C=O) groups is 1. The summed E-state index contributed by atoms with van der Waals surface area (Å²) >= 11 is 6.23. The first-order chi connectivity index (χ1) is 14.6. The predicted octanol–water partition coefficient (Wildman–Crippen LogP) is 3.55. The minimum atomic E-state index is -0.211. The molecule has 2 heterocycles. The van der Waals surface area contributed by atoms with Gasteiger partial charge in [-0.05, 0) is 37.1 Å². The second-order valence-corrected chi connectivity index (χ2v) is 7.84. The summed E-state index contributed by atoms with van der Waals surface area (Å²) in [5.74, 6) is 0.827. The molecule has 2 aromatic rings. The number of amides is 1. The Morgan fingerprint density at radius 3 is 2.80 bits per heavy atom. The summed E-state index contributed by atoms with van der Waals surface area (Å²) < 4.78 is 7.50. The van der Waals surface area contributed by atoms with Crippen molar-refractivity contribution < 1.29 is 9.53 Å². The number of aromatic nitrogens is 2. The maximum Gasteiger partial charge on any atom is 0.240 e. The molecule has 0 saturated carbocycles. The Bertz CT molecular complexity index is 1020. The predicted molar refractivity (Wildman–Crippen MR) is 118 cm³/mol. The smallest absolute Gasteiger partial charge is 0.240 e. The number of allylic oxidation sites excluding steroid dienone is 3. The number of methoxy groups -OCH3 is 1. The van der Waals surface area contributed by atoms with E-state index in [0.29, 0.717) is 18.1 Å². The number of ether oxygens (including phenoxy) is 1. The number of benzene rings is 1. The summed E-state index contributed by atoms with van der Waals surface area (Å²) in [5, 5.41) is 4.07. The van der Waals surface area contributed by atoms with Crippen LogP contribution < -0.4 is 5.32 Å². The summed E-state index contributed by atoms with van der Waals surface area (Å²) in [6.07, 6.45) is 12.4. The Labute approximate surface area is 181 Å². The van der Waals surface area contributed by atoms with E-state index in [1.54, 1.807) is 13.4 Å². The van der Waals surface area contributed by atoms with Gasteiger partial charge in [0.25, 0.3) is 0 Å². The van der Waals surface area contributed by atoms with Gasteiger partial charge >= 0.3 is 0 Å². The molecule has 1 aliphatic heterocycles. The van der Waals surface area contributed by atoms with Gasteiger partial charge in [0.15, 0.2) is 0 Å². The molecule has 1 amide bonds. The van der Waals surface area contributed by atoms with Crippen LogP contribution in [0.1, 0.15) is 17.7 Å². The fourth-order valence-electron chi connectivity index (χ4n) is 3.82. The summed E-state index contributed by atoms with van der Waals surface area (Å²) in [5.41, 5.74) is 2.81. The molecular formula is C23H25ClN4O2. The van der Waals surface area contributed by atoms with Crippen LogP contribution in [0.5, 0.6) is 0 Å². The van der Waals surface area contributed by atoms with E-state index in [4.69, 9.17) is 16.3 Å². The quantitative estimate of drug-likeness (QED) is 0.770. The average Bonchev–Trinajstić information content (AvgIpc) is 3.26. The molecule has 7 heteroatoms. The first-order valence-corrected chi connectivity index (χ1v) is 10.4. The zero-order valence-electron chi connectivity index (χ0n) is 17.1. The van der Waals surface area contributed by atoms with E-state index < -0.39 is 0 Å². The third kappa shape index (κ3) is 4.20. The zero-order valence-corrected chi connectivity index (χ0v) is 17.8. The molecule has 0 radical (unpaired) electrons. The minimum absolute atomic E-state index is 0.0993. The highest BCUT2D eigenvalue weighted by Crippen LogP contribution is 2.24. The van der Waals surface area contributed by atoms with Crippen LogP contribution >= 0.6 is 11.6 Å². The molecule has 1 saturated heterocycles.